The third kappa shape index (κ3) is 3.44. The topological polar surface area (TPSA) is 87.0 Å². The highest BCUT2D eigenvalue weighted by Crippen LogP contribution is 2.33. The molecule has 2 amide bonds. The van der Waals surface area contributed by atoms with Crippen molar-refractivity contribution >= 4 is 23.1 Å². The Bertz CT molecular complexity index is 792. The summed E-state index contributed by atoms with van der Waals surface area (Å²) < 4.78 is 0. The molecule has 8 nitrogen and oxygen atoms in total. The quantitative estimate of drug-likeness (QED) is 0.444. The molecule has 2 heterocycles. The van der Waals surface area contributed by atoms with Crippen LogP contribution in [0.15, 0.2) is 30.0 Å². The van der Waals surface area contributed by atoms with Crippen LogP contribution >= 0.6 is 0 Å². The van der Waals surface area contributed by atoms with Gasteiger partial charge in [-0.25, -0.2) is 0 Å². The third-order valence-electron chi connectivity index (χ3n) is 5.11. The minimum Gasteiger partial charge on any atom is -0.364 e. The minimum atomic E-state index is -0.481. The first-order valence-corrected chi connectivity index (χ1v) is 9.19. The van der Waals surface area contributed by atoms with Crippen LogP contribution in [0.5, 0.6) is 0 Å². The molecule has 8 heteroatoms. The minimum absolute atomic E-state index is 0.0463. The molecule has 0 saturated carbocycles. The molecule has 1 aromatic rings. The van der Waals surface area contributed by atoms with E-state index in [1.807, 2.05) is 4.90 Å². The number of piperazine rings is 1. The van der Waals surface area contributed by atoms with Gasteiger partial charge in [-0.3, -0.25) is 24.6 Å². The van der Waals surface area contributed by atoms with E-state index in [1.165, 1.54) is 17.0 Å². The maximum absolute atomic E-state index is 13.1. The number of amides is 2. The summed E-state index contributed by atoms with van der Waals surface area (Å²) in [5.41, 5.74) is 1.25. The monoisotopic (exact) mass is 372 g/mol. The summed E-state index contributed by atoms with van der Waals surface area (Å²) >= 11 is 0. The van der Waals surface area contributed by atoms with E-state index in [-0.39, 0.29) is 23.5 Å². The second kappa shape index (κ2) is 7.48. The lowest BCUT2D eigenvalue weighted by molar-refractivity contribution is -0.384. The lowest BCUT2D eigenvalue weighted by Crippen LogP contribution is -2.47. The number of non-ortho nitro benzene ring substituents is 1. The molecule has 27 heavy (non-hydrogen) atoms. The molecule has 0 unspecified atom stereocenters. The molecule has 0 atom stereocenters. The number of nitro groups is 1. The highest BCUT2D eigenvalue weighted by atomic mass is 16.6. The molecule has 0 N–H and O–H groups in total. The van der Waals surface area contributed by atoms with Crippen LogP contribution in [0, 0.1) is 10.1 Å². The average Bonchev–Trinajstić information content (AvgIpc) is 2.92. The van der Waals surface area contributed by atoms with Crippen LogP contribution < -0.4 is 0 Å². The standard InChI is InChI=1S/C19H24N4O4/c1-4-20-9-11-21(12-10-20)17-16(18(24)22(13(2)3)19(17)25)14-5-7-15(8-6-14)23(26)27/h5-8,13H,4,9-12H2,1-3H3. The Morgan fingerprint density at radius 2 is 1.63 bits per heavy atom. The molecule has 144 valence electrons. The number of benzene rings is 1. The number of hydrogen-bond acceptors (Lipinski definition) is 6. The van der Waals surface area contributed by atoms with Crippen LogP contribution in [0.3, 0.4) is 0 Å². The molecule has 1 aromatic carbocycles. The number of nitrogens with zero attached hydrogens (tertiary/aromatic N) is 4. The van der Waals surface area contributed by atoms with Crippen molar-refractivity contribution in [1.82, 2.24) is 14.7 Å². The highest BCUT2D eigenvalue weighted by Gasteiger charge is 2.43. The molecule has 2 aliphatic heterocycles. The molecule has 1 saturated heterocycles. The summed E-state index contributed by atoms with van der Waals surface area (Å²) in [5.74, 6) is -0.620. The molecule has 0 bridgehead atoms. The number of rotatable bonds is 5. The van der Waals surface area contributed by atoms with E-state index in [1.54, 1.807) is 26.0 Å². The van der Waals surface area contributed by atoms with Gasteiger partial charge in [-0.15, -0.1) is 0 Å². The van der Waals surface area contributed by atoms with Crippen molar-refractivity contribution in [2.75, 3.05) is 32.7 Å². The van der Waals surface area contributed by atoms with Gasteiger partial charge in [0.2, 0.25) is 0 Å². The van der Waals surface area contributed by atoms with Gasteiger partial charge in [0.1, 0.15) is 5.70 Å². The van der Waals surface area contributed by atoms with Crippen LogP contribution in [-0.4, -0.2) is 70.2 Å². The van der Waals surface area contributed by atoms with Crippen LogP contribution in [0.4, 0.5) is 5.69 Å². The van der Waals surface area contributed by atoms with Gasteiger partial charge in [0.05, 0.1) is 10.5 Å². The number of hydrogen-bond donors (Lipinski definition) is 0. The van der Waals surface area contributed by atoms with Crippen LogP contribution in [-0.2, 0) is 9.59 Å². The van der Waals surface area contributed by atoms with E-state index in [0.29, 0.717) is 29.9 Å². The predicted octanol–water partition coefficient (Wildman–Crippen LogP) is 1.72. The molecule has 3 rings (SSSR count). The number of imide groups is 1. The molecule has 2 aliphatic rings. The van der Waals surface area contributed by atoms with Crippen LogP contribution in [0.2, 0.25) is 0 Å². The first kappa shape index (κ1) is 19.0. The molecule has 0 aliphatic carbocycles. The van der Waals surface area contributed by atoms with E-state index in [9.17, 15) is 19.7 Å². The molecule has 0 radical (unpaired) electrons. The Morgan fingerprint density at radius 1 is 1.04 bits per heavy atom. The lowest BCUT2D eigenvalue weighted by Gasteiger charge is -2.36. The second-order valence-corrected chi connectivity index (χ2v) is 7.02. The van der Waals surface area contributed by atoms with E-state index < -0.39 is 4.92 Å². The van der Waals surface area contributed by atoms with Gasteiger partial charge in [-0.2, -0.15) is 0 Å². The summed E-state index contributed by atoms with van der Waals surface area (Å²) in [4.78, 5) is 42.1. The van der Waals surface area contributed by atoms with Crippen molar-refractivity contribution in [2.24, 2.45) is 0 Å². The normalized spacial score (nSPS) is 18.8. The SMILES string of the molecule is CCN1CCN(C2=C(c3ccc([N+](=O)[O-])cc3)C(=O)N(C(C)C)C2=O)CC1. The van der Waals surface area contributed by atoms with E-state index in [4.69, 9.17) is 0 Å². The molecule has 1 fully saturated rings. The summed E-state index contributed by atoms with van der Waals surface area (Å²) in [6.07, 6.45) is 0. The average molecular weight is 372 g/mol. The number of carbonyl (C=O) groups is 2. The Kier molecular flexibility index (Phi) is 5.27. The molecule has 0 aromatic heterocycles. The molecule has 0 spiro atoms. The predicted molar refractivity (Wildman–Crippen MR) is 101 cm³/mol. The van der Waals surface area contributed by atoms with Crippen molar-refractivity contribution in [3.05, 3.63) is 45.6 Å². The van der Waals surface area contributed by atoms with Crippen molar-refractivity contribution in [3.8, 4) is 0 Å². The smallest absolute Gasteiger partial charge is 0.278 e. The first-order chi connectivity index (χ1) is 12.8. The van der Waals surface area contributed by atoms with Gasteiger partial charge in [-0.1, -0.05) is 6.92 Å². The number of nitro benzene ring substituents is 1. The fourth-order valence-corrected chi connectivity index (χ4v) is 3.60. The summed E-state index contributed by atoms with van der Waals surface area (Å²) in [6, 6.07) is 5.57. The van der Waals surface area contributed by atoms with Crippen molar-refractivity contribution in [3.63, 3.8) is 0 Å². The third-order valence-corrected chi connectivity index (χ3v) is 5.11. The van der Waals surface area contributed by atoms with Gasteiger partial charge in [0.25, 0.3) is 17.5 Å². The van der Waals surface area contributed by atoms with Gasteiger partial charge in [-0.05, 0) is 38.1 Å². The van der Waals surface area contributed by atoms with E-state index in [0.717, 1.165) is 19.6 Å². The maximum Gasteiger partial charge on any atom is 0.278 e. The summed E-state index contributed by atoms with van der Waals surface area (Å²) in [7, 11) is 0. The maximum atomic E-state index is 13.1. The zero-order valence-corrected chi connectivity index (χ0v) is 15.8. The Hall–Kier alpha value is -2.74. The van der Waals surface area contributed by atoms with Gasteiger partial charge in [0.15, 0.2) is 0 Å². The van der Waals surface area contributed by atoms with Crippen molar-refractivity contribution in [1.29, 1.82) is 0 Å². The van der Waals surface area contributed by atoms with E-state index in [2.05, 4.69) is 11.8 Å². The van der Waals surface area contributed by atoms with Gasteiger partial charge >= 0.3 is 0 Å². The van der Waals surface area contributed by atoms with Crippen molar-refractivity contribution in [2.45, 2.75) is 26.8 Å². The highest BCUT2D eigenvalue weighted by molar-refractivity contribution is 6.35. The Balaban J connectivity index is 2.02. The second-order valence-electron chi connectivity index (χ2n) is 7.02. The Labute approximate surface area is 158 Å². The summed E-state index contributed by atoms with van der Waals surface area (Å²) in [5, 5.41) is 10.9. The zero-order chi connectivity index (χ0) is 19.7. The lowest BCUT2D eigenvalue weighted by atomic mass is 10.0. The fourth-order valence-electron chi connectivity index (χ4n) is 3.60. The Morgan fingerprint density at radius 3 is 2.11 bits per heavy atom. The molecular weight excluding hydrogens is 348 g/mol. The number of likely N-dealkylation sites (N-methyl/N-ethyl adjacent to an activating group) is 1. The largest absolute Gasteiger partial charge is 0.364 e. The van der Waals surface area contributed by atoms with Gasteiger partial charge < -0.3 is 9.80 Å². The van der Waals surface area contributed by atoms with Crippen LogP contribution in [0.25, 0.3) is 5.57 Å². The first-order valence-electron chi connectivity index (χ1n) is 9.19. The summed E-state index contributed by atoms with van der Waals surface area (Å²) in [6.45, 7) is 9.67. The molecular formula is C19H24N4O4. The fraction of sp³-hybridized carbons (Fsp3) is 0.474. The van der Waals surface area contributed by atoms with Gasteiger partial charge in [0, 0.05) is 44.4 Å². The van der Waals surface area contributed by atoms with Crippen molar-refractivity contribution < 1.29 is 14.5 Å². The zero-order valence-electron chi connectivity index (χ0n) is 15.8. The van der Waals surface area contributed by atoms with E-state index >= 15 is 0 Å². The number of carbonyl (C=O) groups excluding carboxylic acids is 2. The van der Waals surface area contributed by atoms with Crippen LogP contribution in [0.1, 0.15) is 26.3 Å².